The Morgan fingerprint density at radius 2 is 1.95 bits per heavy atom. The monoisotopic (exact) mass is 298 g/mol. The predicted molar refractivity (Wildman–Crippen MR) is 88.9 cm³/mol. The molecule has 1 aromatic carbocycles. The molecule has 1 saturated heterocycles. The van der Waals surface area contributed by atoms with Crippen LogP contribution in [0.1, 0.15) is 23.1 Å². The van der Waals surface area contributed by atoms with E-state index >= 15 is 0 Å². The van der Waals surface area contributed by atoms with E-state index in [1.54, 1.807) is 0 Å². The average Bonchev–Trinajstić information content (AvgIpc) is 2.54. The molecule has 2 heterocycles. The standard InChI is InChI=1S/C17H22N4O/c1-3-20-7-9-21(10-8-20)17(22)16-13-5-4-6-15(18)14(13)11-12(2)19-16/h4-6,11H,3,7-10,18H2,1-2H3. The van der Waals surface area contributed by atoms with E-state index in [9.17, 15) is 4.79 Å². The highest BCUT2D eigenvalue weighted by Crippen LogP contribution is 2.25. The average molecular weight is 298 g/mol. The van der Waals surface area contributed by atoms with E-state index in [4.69, 9.17) is 5.73 Å². The molecule has 0 atom stereocenters. The Labute approximate surface area is 130 Å². The van der Waals surface area contributed by atoms with Gasteiger partial charge in [0.25, 0.3) is 5.91 Å². The molecule has 0 radical (unpaired) electrons. The molecule has 1 amide bonds. The number of hydrogen-bond acceptors (Lipinski definition) is 4. The molecule has 0 aliphatic carbocycles. The van der Waals surface area contributed by atoms with Gasteiger partial charge >= 0.3 is 0 Å². The largest absolute Gasteiger partial charge is 0.398 e. The Morgan fingerprint density at radius 1 is 1.23 bits per heavy atom. The lowest BCUT2D eigenvalue weighted by Gasteiger charge is -2.34. The second-order valence-electron chi connectivity index (χ2n) is 5.78. The van der Waals surface area contributed by atoms with E-state index in [2.05, 4.69) is 16.8 Å². The third kappa shape index (κ3) is 2.64. The lowest BCUT2D eigenvalue weighted by atomic mass is 10.1. The number of rotatable bonds is 2. The minimum Gasteiger partial charge on any atom is -0.398 e. The number of nitrogen functional groups attached to an aromatic ring is 1. The zero-order chi connectivity index (χ0) is 15.7. The van der Waals surface area contributed by atoms with Crippen molar-refractivity contribution in [2.45, 2.75) is 13.8 Å². The minimum atomic E-state index is 0.00931. The molecule has 5 nitrogen and oxygen atoms in total. The van der Waals surface area contributed by atoms with Gasteiger partial charge in [-0.15, -0.1) is 0 Å². The number of likely N-dealkylation sites (N-methyl/N-ethyl adjacent to an activating group) is 1. The van der Waals surface area contributed by atoms with E-state index in [1.165, 1.54) is 0 Å². The summed E-state index contributed by atoms with van der Waals surface area (Å²) in [7, 11) is 0. The summed E-state index contributed by atoms with van der Waals surface area (Å²) in [6, 6.07) is 7.60. The van der Waals surface area contributed by atoms with Crippen LogP contribution in [-0.2, 0) is 0 Å². The Hall–Kier alpha value is -2.14. The second kappa shape index (κ2) is 5.93. The van der Waals surface area contributed by atoms with Gasteiger partial charge < -0.3 is 15.5 Å². The number of aromatic nitrogens is 1. The van der Waals surface area contributed by atoms with Crippen molar-refractivity contribution in [3.05, 3.63) is 35.7 Å². The van der Waals surface area contributed by atoms with Crippen LogP contribution in [0.5, 0.6) is 0 Å². The van der Waals surface area contributed by atoms with Crippen LogP contribution in [0.4, 0.5) is 5.69 Å². The van der Waals surface area contributed by atoms with E-state index in [1.807, 2.05) is 36.1 Å². The van der Waals surface area contributed by atoms with Crippen LogP contribution in [0.2, 0.25) is 0 Å². The number of aryl methyl sites for hydroxylation is 1. The molecule has 1 aromatic heterocycles. The summed E-state index contributed by atoms with van der Waals surface area (Å²) in [5, 5.41) is 1.75. The molecule has 1 aliphatic rings. The van der Waals surface area contributed by atoms with Crippen LogP contribution in [0.3, 0.4) is 0 Å². The first-order valence-corrected chi connectivity index (χ1v) is 7.77. The quantitative estimate of drug-likeness (QED) is 0.860. The van der Waals surface area contributed by atoms with Gasteiger partial charge in [-0.25, -0.2) is 4.98 Å². The van der Waals surface area contributed by atoms with E-state index in [0.717, 1.165) is 49.2 Å². The maximum absolute atomic E-state index is 12.9. The van der Waals surface area contributed by atoms with Crippen molar-refractivity contribution in [2.24, 2.45) is 0 Å². The number of fused-ring (bicyclic) bond motifs is 1. The van der Waals surface area contributed by atoms with Crippen LogP contribution in [0.15, 0.2) is 24.3 Å². The van der Waals surface area contributed by atoms with E-state index in [0.29, 0.717) is 11.4 Å². The Balaban J connectivity index is 1.96. The maximum atomic E-state index is 12.9. The Bertz CT molecular complexity index is 705. The number of carbonyl (C=O) groups is 1. The number of piperazine rings is 1. The van der Waals surface area contributed by atoms with Crippen LogP contribution in [-0.4, -0.2) is 53.4 Å². The van der Waals surface area contributed by atoms with Crippen molar-refractivity contribution < 1.29 is 4.79 Å². The molecule has 0 bridgehead atoms. The third-order valence-electron chi connectivity index (χ3n) is 4.35. The zero-order valence-electron chi connectivity index (χ0n) is 13.2. The van der Waals surface area contributed by atoms with Gasteiger partial charge in [0.05, 0.1) is 0 Å². The second-order valence-corrected chi connectivity index (χ2v) is 5.78. The Morgan fingerprint density at radius 3 is 2.64 bits per heavy atom. The molecule has 0 spiro atoms. The maximum Gasteiger partial charge on any atom is 0.273 e. The highest BCUT2D eigenvalue weighted by molar-refractivity contribution is 6.08. The number of hydrogen-bond donors (Lipinski definition) is 1. The molecule has 0 unspecified atom stereocenters. The Kier molecular flexibility index (Phi) is 3.98. The zero-order valence-corrected chi connectivity index (χ0v) is 13.2. The summed E-state index contributed by atoms with van der Waals surface area (Å²) in [6.45, 7) is 8.44. The van der Waals surface area contributed by atoms with Crippen molar-refractivity contribution in [1.29, 1.82) is 0 Å². The van der Waals surface area contributed by atoms with Gasteiger partial charge in [0.1, 0.15) is 5.69 Å². The molecule has 22 heavy (non-hydrogen) atoms. The summed E-state index contributed by atoms with van der Waals surface area (Å²) < 4.78 is 0. The fourth-order valence-corrected chi connectivity index (χ4v) is 3.01. The number of carbonyl (C=O) groups excluding carboxylic acids is 1. The number of amides is 1. The molecule has 2 aromatic rings. The predicted octanol–water partition coefficient (Wildman–Crippen LogP) is 1.90. The van der Waals surface area contributed by atoms with Crippen molar-refractivity contribution in [3.63, 3.8) is 0 Å². The van der Waals surface area contributed by atoms with Gasteiger partial charge in [-0.2, -0.15) is 0 Å². The highest BCUT2D eigenvalue weighted by Gasteiger charge is 2.24. The highest BCUT2D eigenvalue weighted by atomic mass is 16.2. The molecule has 2 N–H and O–H groups in total. The summed E-state index contributed by atoms with van der Waals surface area (Å²) in [4.78, 5) is 21.6. The van der Waals surface area contributed by atoms with Crippen LogP contribution in [0.25, 0.3) is 10.8 Å². The molecular formula is C17H22N4O. The first-order chi connectivity index (χ1) is 10.6. The smallest absolute Gasteiger partial charge is 0.273 e. The van der Waals surface area contributed by atoms with Gasteiger partial charge in [0, 0.05) is 48.3 Å². The van der Waals surface area contributed by atoms with E-state index in [-0.39, 0.29) is 5.91 Å². The molecule has 1 fully saturated rings. The van der Waals surface area contributed by atoms with Crippen molar-refractivity contribution >= 4 is 22.4 Å². The summed E-state index contributed by atoms with van der Waals surface area (Å²) >= 11 is 0. The SMILES string of the molecule is CCN1CCN(C(=O)c2nc(C)cc3c(N)cccc23)CC1. The number of anilines is 1. The van der Waals surface area contributed by atoms with Gasteiger partial charge in [-0.05, 0) is 25.6 Å². The summed E-state index contributed by atoms with van der Waals surface area (Å²) in [5.74, 6) is 0.00931. The topological polar surface area (TPSA) is 62.5 Å². The van der Waals surface area contributed by atoms with E-state index < -0.39 is 0 Å². The summed E-state index contributed by atoms with van der Waals surface area (Å²) in [6.07, 6.45) is 0. The molecule has 116 valence electrons. The first-order valence-electron chi connectivity index (χ1n) is 7.77. The van der Waals surface area contributed by atoms with Gasteiger partial charge in [-0.1, -0.05) is 19.1 Å². The third-order valence-corrected chi connectivity index (χ3v) is 4.35. The van der Waals surface area contributed by atoms with Crippen molar-refractivity contribution in [3.8, 4) is 0 Å². The minimum absolute atomic E-state index is 0.00931. The molecule has 0 saturated carbocycles. The van der Waals surface area contributed by atoms with Crippen LogP contribution >= 0.6 is 0 Å². The number of nitrogens with zero attached hydrogens (tertiary/aromatic N) is 3. The lowest BCUT2D eigenvalue weighted by Crippen LogP contribution is -2.48. The summed E-state index contributed by atoms with van der Waals surface area (Å²) in [5.41, 5.74) is 8.08. The molecular weight excluding hydrogens is 276 g/mol. The van der Waals surface area contributed by atoms with Crippen molar-refractivity contribution in [2.75, 3.05) is 38.5 Å². The molecule has 5 heteroatoms. The van der Waals surface area contributed by atoms with Gasteiger partial charge in [0.2, 0.25) is 0 Å². The van der Waals surface area contributed by atoms with Gasteiger partial charge in [-0.3, -0.25) is 4.79 Å². The number of nitrogens with two attached hydrogens (primary N) is 1. The van der Waals surface area contributed by atoms with Crippen LogP contribution < -0.4 is 5.73 Å². The number of benzene rings is 1. The molecule has 1 aliphatic heterocycles. The fourth-order valence-electron chi connectivity index (χ4n) is 3.01. The lowest BCUT2D eigenvalue weighted by molar-refractivity contribution is 0.0639. The first kappa shape index (κ1) is 14.8. The molecule has 3 rings (SSSR count). The normalized spacial score (nSPS) is 16.2. The van der Waals surface area contributed by atoms with Crippen LogP contribution in [0, 0.1) is 6.92 Å². The fraction of sp³-hybridized carbons (Fsp3) is 0.412. The van der Waals surface area contributed by atoms with Crippen molar-refractivity contribution in [1.82, 2.24) is 14.8 Å². The van der Waals surface area contributed by atoms with Gasteiger partial charge in [0.15, 0.2) is 0 Å². The number of pyridine rings is 1.